The van der Waals surface area contributed by atoms with E-state index in [0.29, 0.717) is 6.42 Å². The Balaban J connectivity index is 4.34. The molecular weight excluding hydrogens is 304 g/mol. The van der Waals surface area contributed by atoms with Crippen LogP contribution in [-0.4, -0.2) is 41.7 Å². The first-order valence-electron chi connectivity index (χ1n) is 4.56. The van der Waals surface area contributed by atoms with Crippen molar-refractivity contribution >= 4 is 15.9 Å². The number of halogens is 7. The van der Waals surface area contributed by atoms with Crippen LogP contribution in [0, 0.1) is 0 Å². The highest BCUT2D eigenvalue weighted by Gasteiger charge is 2.40. The van der Waals surface area contributed by atoms with Gasteiger partial charge in [0.2, 0.25) is 0 Å². The summed E-state index contributed by atoms with van der Waals surface area (Å²) in [5.41, 5.74) is 0. The highest BCUT2D eigenvalue weighted by Crippen LogP contribution is 2.28. The fourth-order valence-electron chi connectivity index (χ4n) is 1.13. The summed E-state index contributed by atoms with van der Waals surface area (Å²) < 4.78 is 72.5. The Morgan fingerprint density at radius 3 is 1.94 bits per heavy atom. The van der Waals surface area contributed by atoms with Gasteiger partial charge in [0.1, 0.15) is 4.83 Å². The van der Waals surface area contributed by atoms with Gasteiger partial charge in [-0.1, -0.05) is 22.9 Å². The number of nitrogens with zero attached hydrogens (tertiary/aromatic N) is 1. The van der Waals surface area contributed by atoms with Crippen LogP contribution in [0.3, 0.4) is 0 Å². The van der Waals surface area contributed by atoms with E-state index >= 15 is 0 Å². The Morgan fingerprint density at radius 2 is 1.62 bits per heavy atom. The number of alkyl halides is 7. The summed E-state index contributed by atoms with van der Waals surface area (Å²) >= 11 is 2.34. The van der Waals surface area contributed by atoms with Gasteiger partial charge in [0.05, 0.1) is 6.54 Å². The average Bonchev–Trinajstić information content (AvgIpc) is 1.99. The minimum Gasteiger partial charge on any atom is -0.294 e. The predicted molar refractivity (Wildman–Crippen MR) is 51.6 cm³/mol. The van der Waals surface area contributed by atoms with E-state index in [4.69, 9.17) is 0 Å². The van der Waals surface area contributed by atoms with Crippen molar-refractivity contribution in [2.45, 2.75) is 30.5 Å². The van der Waals surface area contributed by atoms with Crippen LogP contribution >= 0.6 is 15.9 Å². The summed E-state index contributed by atoms with van der Waals surface area (Å²) in [7, 11) is 0. The van der Waals surface area contributed by atoms with Crippen LogP contribution in [0.15, 0.2) is 0 Å². The molecule has 0 bridgehead atoms. The van der Waals surface area contributed by atoms with E-state index in [1.54, 1.807) is 6.92 Å². The SMILES string of the molecule is CCCN(CC(Br)C(F)(F)F)CC(F)(F)F. The molecule has 1 nitrogen and oxygen atoms in total. The largest absolute Gasteiger partial charge is 0.402 e. The first kappa shape index (κ1) is 16.0. The monoisotopic (exact) mass is 315 g/mol. The van der Waals surface area contributed by atoms with Crippen molar-refractivity contribution in [3.05, 3.63) is 0 Å². The number of hydrogen-bond donors (Lipinski definition) is 0. The van der Waals surface area contributed by atoms with Crippen LogP contribution in [0.5, 0.6) is 0 Å². The van der Waals surface area contributed by atoms with Crippen molar-refractivity contribution < 1.29 is 26.3 Å². The molecule has 0 heterocycles. The molecule has 0 fully saturated rings. The second kappa shape index (κ2) is 6.09. The summed E-state index contributed by atoms with van der Waals surface area (Å²) in [5.74, 6) is 0. The zero-order chi connectivity index (χ0) is 13.0. The van der Waals surface area contributed by atoms with E-state index in [1.807, 2.05) is 0 Å². The molecule has 0 radical (unpaired) electrons. The first-order valence-corrected chi connectivity index (χ1v) is 5.47. The van der Waals surface area contributed by atoms with E-state index in [2.05, 4.69) is 15.9 Å². The lowest BCUT2D eigenvalue weighted by Crippen LogP contribution is -2.42. The first-order chi connectivity index (χ1) is 7.06. The van der Waals surface area contributed by atoms with Gasteiger partial charge >= 0.3 is 12.4 Å². The molecule has 0 saturated carbocycles. The maximum absolute atomic E-state index is 12.1. The third kappa shape index (κ3) is 7.32. The van der Waals surface area contributed by atoms with Gasteiger partial charge in [-0.3, -0.25) is 4.90 Å². The molecule has 0 aliphatic heterocycles. The lowest BCUT2D eigenvalue weighted by molar-refractivity contribution is -0.157. The van der Waals surface area contributed by atoms with Crippen molar-refractivity contribution in [2.24, 2.45) is 0 Å². The quantitative estimate of drug-likeness (QED) is 0.553. The maximum atomic E-state index is 12.1. The molecule has 0 amide bonds. The van der Waals surface area contributed by atoms with Gasteiger partial charge in [0, 0.05) is 6.54 Å². The van der Waals surface area contributed by atoms with Crippen LogP contribution in [0.25, 0.3) is 0 Å². The smallest absolute Gasteiger partial charge is 0.294 e. The molecule has 0 rings (SSSR count). The zero-order valence-corrected chi connectivity index (χ0v) is 10.1. The molecule has 0 N–H and O–H groups in total. The zero-order valence-electron chi connectivity index (χ0n) is 8.50. The summed E-state index contributed by atoms with van der Waals surface area (Å²) in [6.45, 7) is -0.423. The highest BCUT2D eigenvalue weighted by molar-refractivity contribution is 9.09. The van der Waals surface area contributed by atoms with Crippen LogP contribution < -0.4 is 0 Å². The van der Waals surface area contributed by atoms with Gasteiger partial charge in [-0.05, 0) is 13.0 Å². The molecule has 0 aromatic heterocycles. The third-order valence-electron chi connectivity index (χ3n) is 1.72. The molecule has 0 aromatic carbocycles. The number of rotatable bonds is 5. The fraction of sp³-hybridized carbons (Fsp3) is 1.00. The molecular formula is C8H12BrF6N. The standard InChI is InChI=1S/C8H12BrF6N/c1-2-3-16(5-7(10,11)12)4-6(9)8(13,14)15/h6H,2-5H2,1H3. The molecule has 0 saturated heterocycles. The van der Waals surface area contributed by atoms with Crippen LogP contribution in [0.2, 0.25) is 0 Å². The minimum absolute atomic E-state index is 0.0162. The molecule has 1 unspecified atom stereocenters. The maximum Gasteiger partial charge on any atom is 0.402 e. The van der Waals surface area contributed by atoms with Crippen molar-refractivity contribution in [1.29, 1.82) is 0 Å². The summed E-state index contributed by atoms with van der Waals surface area (Å²) in [6.07, 6.45) is -8.64. The Labute approximate surface area is 97.9 Å². The normalized spacial score (nSPS) is 15.6. The molecule has 0 aromatic rings. The van der Waals surface area contributed by atoms with E-state index < -0.39 is 30.3 Å². The average molecular weight is 316 g/mol. The second-order valence-electron chi connectivity index (χ2n) is 3.36. The van der Waals surface area contributed by atoms with E-state index in [9.17, 15) is 26.3 Å². The second-order valence-corrected chi connectivity index (χ2v) is 4.46. The Kier molecular flexibility index (Phi) is 6.10. The van der Waals surface area contributed by atoms with Crippen molar-refractivity contribution in [3.8, 4) is 0 Å². The molecule has 16 heavy (non-hydrogen) atoms. The highest BCUT2D eigenvalue weighted by atomic mass is 79.9. The summed E-state index contributed by atoms with van der Waals surface area (Å²) in [4.78, 5) is -1.19. The predicted octanol–water partition coefficient (Wildman–Crippen LogP) is 3.59. The van der Waals surface area contributed by atoms with Crippen molar-refractivity contribution in [1.82, 2.24) is 4.90 Å². The molecule has 1 atom stereocenters. The minimum atomic E-state index is -4.53. The van der Waals surface area contributed by atoms with Gasteiger partial charge < -0.3 is 0 Å². The van der Waals surface area contributed by atoms with Crippen molar-refractivity contribution in [2.75, 3.05) is 19.6 Å². The molecule has 8 heteroatoms. The third-order valence-corrected chi connectivity index (χ3v) is 2.53. The molecule has 98 valence electrons. The van der Waals surface area contributed by atoms with Crippen molar-refractivity contribution in [3.63, 3.8) is 0 Å². The molecule has 0 aliphatic carbocycles. The fourth-order valence-corrected chi connectivity index (χ4v) is 1.54. The van der Waals surface area contributed by atoms with E-state index in [1.165, 1.54) is 0 Å². The lowest BCUT2D eigenvalue weighted by atomic mass is 10.3. The van der Waals surface area contributed by atoms with Gasteiger partial charge in [0.15, 0.2) is 0 Å². The Hall–Kier alpha value is 0.0200. The van der Waals surface area contributed by atoms with E-state index in [0.717, 1.165) is 4.90 Å². The van der Waals surface area contributed by atoms with Crippen LogP contribution in [0.1, 0.15) is 13.3 Å². The van der Waals surface area contributed by atoms with Crippen LogP contribution in [-0.2, 0) is 0 Å². The van der Waals surface area contributed by atoms with Crippen LogP contribution in [0.4, 0.5) is 26.3 Å². The Bertz CT molecular complexity index is 202. The summed E-state index contributed by atoms with van der Waals surface area (Å²) in [5, 5.41) is 0. The summed E-state index contributed by atoms with van der Waals surface area (Å²) in [6, 6.07) is 0. The van der Waals surface area contributed by atoms with Gasteiger partial charge in [0.25, 0.3) is 0 Å². The molecule has 0 spiro atoms. The van der Waals surface area contributed by atoms with Gasteiger partial charge in [-0.2, -0.15) is 26.3 Å². The lowest BCUT2D eigenvalue weighted by Gasteiger charge is -2.26. The van der Waals surface area contributed by atoms with Gasteiger partial charge in [-0.25, -0.2) is 0 Å². The van der Waals surface area contributed by atoms with E-state index in [-0.39, 0.29) is 6.54 Å². The Morgan fingerprint density at radius 1 is 1.12 bits per heavy atom. The van der Waals surface area contributed by atoms with Gasteiger partial charge in [-0.15, -0.1) is 0 Å². The topological polar surface area (TPSA) is 3.24 Å². The number of hydrogen-bond acceptors (Lipinski definition) is 1. The molecule has 0 aliphatic rings.